The normalized spacial score (nSPS) is 7.91. The smallest absolute Gasteiger partial charge is 0.304 e. The molecule has 47 heavy (non-hydrogen) atoms. The van der Waals surface area contributed by atoms with Crippen molar-refractivity contribution >= 4 is 34.8 Å². The van der Waals surface area contributed by atoms with Gasteiger partial charge < -0.3 is 21.1 Å². The molecule has 7 nitrogen and oxygen atoms in total. The number of nitrogens with zero attached hydrogens (tertiary/aromatic N) is 1. The summed E-state index contributed by atoms with van der Waals surface area (Å²) in [5.74, 6) is 6.28. The maximum absolute atomic E-state index is 11.5. The van der Waals surface area contributed by atoms with Gasteiger partial charge in [-0.25, -0.2) is 0 Å². The molecule has 3 aromatic rings. The molecule has 0 radical (unpaired) electrons. The lowest BCUT2D eigenvalue weighted by atomic mass is 10.2. The summed E-state index contributed by atoms with van der Waals surface area (Å²) in [7, 11) is 1.76. The Hall–Kier alpha value is -5.45. The molecule has 3 rings (SSSR count). The van der Waals surface area contributed by atoms with Crippen molar-refractivity contribution < 1.29 is 19.5 Å². The van der Waals surface area contributed by atoms with Crippen LogP contribution in [0, 0.1) is 37.0 Å². The highest BCUT2D eigenvalue weighted by molar-refractivity contribution is 5.92. The van der Waals surface area contributed by atoms with Crippen molar-refractivity contribution in [1.29, 1.82) is 0 Å². The summed E-state index contributed by atoms with van der Waals surface area (Å²) >= 11 is 0. The van der Waals surface area contributed by atoms with E-state index < -0.39 is 5.97 Å². The fourth-order valence-corrected chi connectivity index (χ4v) is 2.71. The van der Waals surface area contributed by atoms with Gasteiger partial charge in [0.15, 0.2) is 0 Å². The van der Waals surface area contributed by atoms with Crippen LogP contribution in [0.1, 0.15) is 80.1 Å². The fraction of sp³-hybridized carbons (Fsp3) is 0.325. The van der Waals surface area contributed by atoms with Crippen LogP contribution < -0.4 is 16.0 Å². The Balaban J connectivity index is -0.000000258. The summed E-state index contributed by atoms with van der Waals surface area (Å²) in [6.45, 7) is 12.0. The van der Waals surface area contributed by atoms with Gasteiger partial charge in [0.05, 0.1) is 6.42 Å². The van der Waals surface area contributed by atoms with Gasteiger partial charge in [-0.1, -0.05) is 96.1 Å². The molecule has 0 aromatic heterocycles. The predicted octanol–water partition coefficient (Wildman–Crippen LogP) is 8.93. The van der Waals surface area contributed by atoms with Crippen LogP contribution in [0.15, 0.2) is 91.0 Å². The average Bonchev–Trinajstić information content (AvgIpc) is 3.13. The molecule has 0 unspecified atom stereocenters. The van der Waals surface area contributed by atoms with Crippen molar-refractivity contribution in [3.8, 4) is 37.0 Å². The molecule has 0 spiro atoms. The molecule has 0 aliphatic rings. The molecule has 0 bridgehead atoms. The summed E-state index contributed by atoms with van der Waals surface area (Å²) in [4.78, 5) is 34.0. The van der Waals surface area contributed by atoms with Crippen LogP contribution in [0.5, 0.6) is 0 Å². The first-order chi connectivity index (χ1) is 22.7. The third-order valence-electron chi connectivity index (χ3n) is 4.84. The Bertz CT molecular complexity index is 1270. The molecular weight excluding hydrogens is 586 g/mol. The van der Waals surface area contributed by atoms with E-state index in [4.69, 9.17) is 30.1 Å². The van der Waals surface area contributed by atoms with E-state index in [0.29, 0.717) is 32.1 Å². The highest BCUT2D eigenvalue weighted by atomic mass is 16.4. The number of nitrogens with one attached hydrogen (secondary N) is 1. The van der Waals surface area contributed by atoms with E-state index in [1.807, 2.05) is 133 Å². The highest BCUT2D eigenvalue weighted by Crippen LogP contribution is 2.12. The number of nitrogen functional groups attached to an aromatic ring is 1. The Morgan fingerprint density at radius 3 is 1.40 bits per heavy atom. The van der Waals surface area contributed by atoms with Crippen molar-refractivity contribution in [2.45, 2.75) is 80.1 Å². The number of carbonyl (C=O) groups is 3. The maximum atomic E-state index is 11.5. The Kier molecular flexibility index (Phi) is 39.8. The van der Waals surface area contributed by atoms with E-state index in [1.165, 1.54) is 0 Å². The molecular formula is C40H55N3O4. The SMILES string of the molecule is C#CCCC(=O)N(C)c1ccccc1.C#CCCC(=O)Nc1ccccc1.C#CCCC(=O)O.CC.CC.CC.Nc1ccccc1. The third kappa shape index (κ3) is 33.3. The van der Waals surface area contributed by atoms with Gasteiger partial charge in [-0.05, 0) is 36.4 Å². The summed E-state index contributed by atoms with van der Waals surface area (Å²) in [6.07, 6.45) is 17.1. The van der Waals surface area contributed by atoms with E-state index in [2.05, 4.69) is 23.1 Å². The first kappa shape index (κ1) is 48.5. The number of terminal acetylenes is 3. The number of hydrogen-bond donors (Lipinski definition) is 3. The highest BCUT2D eigenvalue weighted by Gasteiger charge is 2.08. The lowest BCUT2D eigenvalue weighted by molar-refractivity contribution is -0.136. The minimum Gasteiger partial charge on any atom is -0.481 e. The molecule has 0 saturated heterocycles. The molecule has 0 atom stereocenters. The lowest BCUT2D eigenvalue weighted by Gasteiger charge is -2.16. The molecule has 0 saturated carbocycles. The summed E-state index contributed by atoms with van der Waals surface area (Å²) in [5.41, 5.74) is 7.89. The topological polar surface area (TPSA) is 113 Å². The number of para-hydroxylation sites is 3. The van der Waals surface area contributed by atoms with E-state index in [9.17, 15) is 14.4 Å². The zero-order chi connectivity index (χ0) is 36.7. The summed E-state index contributed by atoms with van der Waals surface area (Å²) < 4.78 is 0. The van der Waals surface area contributed by atoms with Gasteiger partial charge in [0.2, 0.25) is 11.8 Å². The van der Waals surface area contributed by atoms with Crippen molar-refractivity contribution in [3.05, 3.63) is 91.0 Å². The van der Waals surface area contributed by atoms with Crippen molar-refractivity contribution in [2.24, 2.45) is 0 Å². The van der Waals surface area contributed by atoms with E-state index in [-0.39, 0.29) is 18.2 Å². The Morgan fingerprint density at radius 1 is 0.660 bits per heavy atom. The zero-order valence-corrected chi connectivity index (χ0v) is 29.3. The number of rotatable bonds is 8. The van der Waals surface area contributed by atoms with Crippen LogP contribution in [0.2, 0.25) is 0 Å². The minimum absolute atomic E-state index is 0.0378. The first-order valence-electron chi connectivity index (χ1n) is 15.7. The van der Waals surface area contributed by atoms with E-state index in [0.717, 1.165) is 17.1 Å². The van der Waals surface area contributed by atoms with Gasteiger partial charge in [-0.2, -0.15) is 0 Å². The van der Waals surface area contributed by atoms with Crippen LogP contribution in [0.3, 0.4) is 0 Å². The van der Waals surface area contributed by atoms with Gasteiger partial charge in [0.1, 0.15) is 0 Å². The molecule has 0 fully saturated rings. The number of aliphatic carboxylic acids is 1. The van der Waals surface area contributed by atoms with Crippen LogP contribution in [0.4, 0.5) is 17.1 Å². The van der Waals surface area contributed by atoms with Crippen molar-refractivity contribution in [2.75, 3.05) is 23.0 Å². The minimum atomic E-state index is -0.835. The first-order valence-corrected chi connectivity index (χ1v) is 15.7. The number of carbonyl (C=O) groups excluding carboxylic acids is 2. The van der Waals surface area contributed by atoms with Crippen LogP contribution in [0.25, 0.3) is 0 Å². The number of amides is 2. The van der Waals surface area contributed by atoms with E-state index in [1.54, 1.807) is 11.9 Å². The largest absolute Gasteiger partial charge is 0.481 e. The zero-order valence-electron chi connectivity index (χ0n) is 29.3. The van der Waals surface area contributed by atoms with Gasteiger partial charge >= 0.3 is 5.97 Å². The van der Waals surface area contributed by atoms with Crippen LogP contribution >= 0.6 is 0 Å². The maximum Gasteiger partial charge on any atom is 0.304 e. The Labute approximate surface area is 285 Å². The summed E-state index contributed by atoms with van der Waals surface area (Å²) in [5, 5.41) is 10.7. The monoisotopic (exact) mass is 641 g/mol. The summed E-state index contributed by atoms with van der Waals surface area (Å²) in [6, 6.07) is 28.3. The number of nitrogens with two attached hydrogens (primary N) is 1. The van der Waals surface area contributed by atoms with Crippen molar-refractivity contribution in [1.82, 2.24) is 0 Å². The van der Waals surface area contributed by atoms with E-state index >= 15 is 0 Å². The fourth-order valence-electron chi connectivity index (χ4n) is 2.71. The molecule has 7 heteroatoms. The number of carboxylic acid groups (broad SMARTS) is 1. The Morgan fingerprint density at radius 2 is 1.04 bits per heavy atom. The van der Waals surface area contributed by atoms with Gasteiger partial charge in [-0.15, -0.1) is 37.0 Å². The van der Waals surface area contributed by atoms with Crippen LogP contribution in [-0.2, 0) is 14.4 Å². The quantitative estimate of drug-likeness (QED) is 0.168. The molecule has 3 aromatic carbocycles. The van der Waals surface area contributed by atoms with Gasteiger partial charge in [0.25, 0.3) is 0 Å². The average molecular weight is 642 g/mol. The van der Waals surface area contributed by atoms with Gasteiger partial charge in [-0.3, -0.25) is 14.4 Å². The predicted molar refractivity (Wildman–Crippen MR) is 202 cm³/mol. The third-order valence-corrected chi connectivity index (χ3v) is 4.84. The number of benzene rings is 3. The number of anilines is 3. The second kappa shape index (κ2) is 38.6. The number of hydrogen-bond acceptors (Lipinski definition) is 4. The second-order valence-electron chi connectivity index (χ2n) is 8.12. The molecule has 4 N–H and O–H groups in total. The molecule has 0 aliphatic carbocycles. The molecule has 254 valence electrons. The second-order valence-corrected chi connectivity index (χ2v) is 8.12. The standard InChI is InChI=1S/C12H13NO.C11H11NO.C6H7N.C5H6O2.3C2H6/c1-3-4-10-12(14)13(2)11-8-6-5-7-9-11;1-2-3-9-11(13)12-10-7-5-4-6-8-10;7-6-4-2-1-3-5-6;1-2-3-4-5(6)7;3*1-2/h1,5-9H,4,10H2,2H3;1,4-8H,3,9H2,(H,12,13);1-5H,7H2;1H,3-4H2,(H,6,7);3*1-2H3. The molecule has 2 amide bonds. The molecule has 0 heterocycles. The van der Waals surface area contributed by atoms with Crippen LogP contribution in [-0.4, -0.2) is 29.9 Å². The number of carboxylic acids is 1. The molecule has 0 aliphatic heterocycles. The van der Waals surface area contributed by atoms with Crippen molar-refractivity contribution in [3.63, 3.8) is 0 Å². The van der Waals surface area contributed by atoms with Gasteiger partial charge in [0, 0.05) is 56.2 Å². The lowest BCUT2D eigenvalue weighted by Crippen LogP contribution is -2.25.